The van der Waals surface area contributed by atoms with Gasteiger partial charge < -0.3 is 20.1 Å². The number of aliphatic hydroxyl groups excluding tert-OH is 1. The highest BCUT2D eigenvalue weighted by atomic mass is 16.5. The van der Waals surface area contributed by atoms with Crippen LogP contribution in [0.5, 0.6) is 5.88 Å². The van der Waals surface area contributed by atoms with Crippen LogP contribution in [0.4, 0.5) is 10.5 Å². The van der Waals surface area contributed by atoms with E-state index in [2.05, 4.69) is 10.3 Å². The number of nitrogens with zero attached hydrogens (tertiary/aromatic N) is 2. The van der Waals surface area contributed by atoms with E-state index in [0.717, 1.165) is 19.4 Å². The summed E-state index contributed by atoms with van der Waals surface area (Å²) >= 11 is 0. The third-order valence-corrected chi connectivity index (χ3v) is 3.32. The maximum atomic E-state index is 12.1. The van der Waals surface area contributed by atoms with E-state index < -0.39 is 0 Å². The monoisotopic (exact) mass is 265 g/mol. The minimum atomic E-state index is -0.147. The molecule has 1 saturated heterocycles. The fourth-order valence-electron chi connectivity index (χ4n) is 2.28. The maximum Gasteiger partial charge on any atom is 0.322 e. The van der Waals surface area contributed by atoms with E-state index in [-0.39, 0.29) is 12.6 Å². The molecule has 0 aliphatic carbocycles. The Morgan fingerprint density at radius 3 is 3.26 bits per heavy atom. The van der Waals surface area contributed by atoms with E-state index in [1.54, 1.807) is 23.2 Å². The van der Waals surface area contributed by atoms with E-state index in [1.807, 2.05) is 0 Å². The summed E-state index contributed by atoms with van der Waals surface area (Å²) in [5.74, 6) is 0.800. The molecule has 1 atom stereocenters. The summed E-state index contributed by atoms with van der Waals surface area (Å²) in [7, 11) is 1.52. The molecule has 0 bridgehead atoms. The normalized spacial score (nSPS) is 18.4. The van der Waals surface area contributed by atoms with Gasteiger partial charge in [0, 0.05) is 25.9 Å². The van der Waals surface area contributed by atoms with Gasteiger partial charge in [0.05, 0.1) is 7.11 Å². The first kappa shape index (κ1) is 13.6. The smallest absolute Gasteiger partial charge is 0.322 e. The quantitative estimate of drug-likeness (QED) is 0.861. The maximum absolute atomic E-state index is 12.1. The van der Waals surface area contributed by atoms with E-state index in [0.29, 0.717) is 24.0 Å². The van der Waals surface area contributed by atoms with Gasteiger partial charge >= 0.3 is 6.03 Å². The average molecular weight is 265 g/mol. The number of urea groups is 1. The van der Waals surface area contributed by atoms with Gasteiger partial charge in [0.15, 0.2) is 0 Å². The van der Waals surface area contributed by atoms with Crippen molar-refractivity contribution in [3.63, 3.8) is 0 Å². The topological polar surface area (TPSA) is 74.7 Å². The molecular formula is C13H19N3O3. The van der Waals surface area contributed by atoms with Crippen LogP contribution in [-0.2, 0) is 0 Å². The fourth-order valence-corrected chi connectivity index (χ4v) is 2.28. The first-order chi connectivity index (χ1) is 9.24. The number of nitrogens with one attached hydrogen (secondary N) is 1. The summed E-state index contributed by atoms with van der Waals surface area (Å²) in [6.45, 7) is 1.59. The largest absolute Gasteiger partial charge is 0.480 e. The molecule has 19 heavy (non-hydrogen) atoms. The molecule has 2 heterocycles. The fraction of sp³-hybridized carbons (Fsp3) is 0.538. The van der Waals surface area contributed by atoms with Crippen LogP contribution in [0.1, 0.15) is 12.8 Å². The lowest BCUT2D eigenvalue weighted by Crippen LogP contribution is -2.33. The third kappa shape index (κ3) is 3.35. The number of carbonyl (C=O) groups is 1. The van der Waals surface area contributed by atoms with E-state index in [4.69, 9.17) is 9.84 Å². The Labute approximate surface area is 112 Å². The molecule has 2 amide bonds. The minimum absolute atomic E-state index is 0.147. The minimum Gasteiger partial charge on any atom is -0.480 e. The number of pyridine rings is 1. The van der Waals surface area contributed by atoms with Crippen LogP contribution in [-0.4, -0.2) is 47.8 Å². The molecule has 0 unspecified atom stereocenters. The van der Waals surface area contributed by atoms with Crippen LogP contribution >= 0.6 is 0 Å². The molecule has 1 aliphatic heterocycles. The van der Waals surface area contributed by atoms with Gasteiger partial charge in [-0.25, -0.2) is 9.78 Å². The van der Waals surface area contributed by atoms with Crippen molar-refractivity contribution in [1.82, 2.24) is 9.88 Å². The average Bonchev–Trinajstić information content (AvgIpc) is 2.88. The number of likely N-dealkylation sites (tertiary alicyclic amines) is 1. The summed E-state index contributed by atoms with van der Waals surface area (Å²) in [4.78, 5) is 17.9. The van der Waals surface area contributed by atoms with Crippen molar-refractivity contribution < 1.29 is 14.6 Å². The Bertz CT molecular complexity index is 439. The first-order valence-electron chi connectivity index (χ1n) is 6.40. The van der Waals surface area contributed by atoms with Gasteiger partial charge in [0.25, 0.3) is 0 Å². The molecule has 0 radical (unpaired) electrons. The predicted octanol–water partition coefficient (Wildman–Crippen LogP) is 1.33. The number of ether oxygens (including phenoxy) is 1. The molecule has 1 aliphatic rings. The zero-order valence-electron chi connectivity index (χ0n) is 11.0. The van der Waals surface area contributed by atoms with Crippen molar-refractivity contribution in [2.24, 2.45) is 5.92 Å². The Balaban J connectivity index is 1.94. The highest BCUT2D eigenvalue weighted by Crippen LogP contribution is 2.23. The summed E-state index contributed by atoms with van der Waals surface area (Å²) < 4.78 is 5.09. The Morgan fingerprint density at radius 1 is 1.68 bits per heavy atom. The number of aliphatic hydroxyl groups is 1. The van der Waals surface area contributed by atoms with Crippen molar-refractivity contribution in [3.8, 4) is 5.88 Å². The second-order valence-corrected chi connectivity index (χ2v) is 4.60. The van der Waals surface area contributed by atoms with Crippen molar-refractivity contribution >= 4 is 11.7 Å². The Kier molecular flexibility index (Phi) is 4.57. The molecular weight excluding hydrogens is 246 g/mol. The van der Waals surface area contributed by atoms with E-state index in [9.17, 15) is 4.79 Å². The molecule has 2 N–H and O–H groups in total. The van der Waals surface area contributed by atoms with Gasteiger partial charge in [-0.05, 0) is 30.9 Å². The molecule has 0 saturated carbocycles. The van der Waals surface area contributed by atoms with Crippen LogP contribution in [0.2, 0.25) is 0 Å². The number of aromatic nitrogens is 1. The number of carbonyl (C=O) groups excluding carboxylic acids is 1. The SMILES string of the molecule is COc1ncccc1NC(=O)N1CC[C@@H](CCO)C1. The highest BCUT2D eigenvalue weighted by Gasteiger charge is 2.26. The summed E-state index contributed by atoms with van der Waals surface area (Å²) in [6, 6.07) is 3.36. The lowest BCUT2D eigenvalue weighted by atomic mass is 10.1. The van der Waals surface area contributed by atoms with Gasteiger partial charge in [-0.1, -0.05) is 0 Å². The Hall–Kier alpha value is -1.82. The molecule has 1 aromatic heterocycles. The molecule has 6 heteroatoms. The number of rotatable bonds is 4. The standard InChI is InChI=1S/C13H19N3O3/c1-19-12-11(3-2-6-14-12)15-13(18)16-7-4-10(9-16)5-8-17/h2-3,6,10,17H,4-5,7-9H2,1H3,(H,15,18)/t10-/m0/s1. The van der Waals surface area contributed by atoms with Crippen molar-refractivity contribution in [1.29, 1.82) is 0 Å². The van der Waals surface area contributed by atoms with Crippen LogP contribution in [0.15, 0.2) is 18.3 Å². The van der Waals surface area contributed by atoms with E-state index >= 15 is 0 Å². The second-order valence-electron chi connectivity index (χ2n) is 4.60. The van der Waals surface area contributed by atoms with Gasteiger partial charge in [-0.2, -0.15) is 0 Å². The summed E-state index contributed by atoms with van der Waals surface area (Å²) in [5, 5.41) is 11.7. The molecule has 1 fully saturated rings. The van der Waals surface area contributed by atoms with Gasteiger partial charge in [0.2, 0.25) is 5.88 Å². The molecule has 0 aromatic carbocycles. The molecule has 1 aromatic rings. The Morgan fingerprint density at radius 2 is 2.53 bits per heavy atom. The van der Waals surface area contributed by atoms with Crippen LogP contribution in [0.3, 0.4) is 0 Å². The molecule has 0 spiro atoms. The van der Waals surface area contributed by atoms with Gasteiger partial charge in [-0.15, -0.1) is 0 Å². The van der Waals surface area contributed by atoms with Gasteiger partial charge in [-0.3, -0.25) is 0 Å². The summed E-state index contributed by atoms with van der Waals surface area (Å²) in [6.07, 6.45) is 3.31. The van der Waals surface area contributed by atoms with Crippen LogP contribution < -0.4 is 10.1 Å². The predicted molar refractivity (Wildman–Crippen MR) is 71.2 cm³/mol. The number of hydrogen-bond acceptors (Lipinski definition) is 4. The van der Waals surface area contributed by atoms with Crippen LogP contribution in [0, 0.1) is 5.92 Å². The van der Waals surface area contributed by atoms with Crippen LogP contribution in [0.25, 0.3) is 0 Å². The number of anilines is 1. The first-order valence-corrected chi connectivity index (χ1v) is 6.40. The summed E-state index contributed by atoms with van der Waals surface area (Å²) in [5.41, 5.74) is 0.570. The van der Waals surface area contributed by atoms with Crippen molar-refractivity contribution in [2.75, 3.05) is 32.1 Å². The number of amides is 2. The molecule has 104 valence electrons. The molecule has 6 nitrogen and oxygen atoms in total. The lowest BCUT2D eigenvalue weighted by Gasteiger charge is -2.18. The zero-order valence-corrected chi connectivity index (χ0v) is 11.0. The second kappa shape index (κ2) is 6.38. The zero-order chi connectivity index (χ0) is 13.7. The van der Waals surface area contributed by atoms with Crippen molar-refractivity contribution in [2.45, 2.75) is 12.8 Å². The number of hydrogen-bond donors (Lipinski definition) is 2. The van der Waals surface area contributed by atoms with Gasteiger partial charge in [0.1, 0.15) is 5.69 Å². The highest BCUT2D eigenvalue weighted by molar-refractivity contribution is 5.90. The van der Waals surface area contributed by atoms with E-state index in [1.165, 1.54) is 7.11 Å². The number of methoxy groups -OCH3 is 1. The lowest BCUT2D eigenvalue weighted by molar-refractivity contribution is 0.217. The third-order valence-electron chi connectivity index (χ3n) is 3.32. The molecule has 2 rings (SSSR count). The van der Waals surface area contributed by atoms with Crippen molar-refractivity contribution in [3.05, 3.63) is 18.3 Å².